The summed E-state index contributed by atoms with van der Waals surface area (Å²) >= 11 is 1.60. The van der Waals surface area contributed by atoms with Crippen molar-refractivity contribution >= 4 is 28.3 Å². The van der Waals surface area contributed by atoms with Crippen LogP contribution in [0, 0.1) is 0 Å². The number of aliphatic imine (C=N–C) groups is 1. The highest BCUT2D eigenvalue weighted by Gasteiger charge is 2.16. The lowest BCUT2D eigenvalue weighted by atomic mass is 10.1. The molecule has 0 aliphatic rings. The fourth-order valence-corrected chi connectivity index (χ4v) is 2.64. The molecule has 0 aliphatic heterocycles. The number of aromatic nitrogens is 1. The van der Waals surface area contributed by atoms with Gasteiger partial charge < -0.3 is 20.4 Å². The quantitative estimate of drug-likeness (QED) is 0.621. The van der Waals surface area contributed by atoms with Crippen molar-refractivity contribution in [1.82, 2.24) is 20.5 Å². The highest BCUT2D eigenvalue weighted by atomic mass is 32.1. The van der Waals surface area contributed by atoms with Gasteiger partial charge >= 0.3 is 0 Å². The standard InChI is InChI=1S/C15H28N6OS/c1-15(2,3)19-12(22)9-21(7)13(16-4)17-8-11-10-23-14(18-11)20(5)6/h10H,8-9H2,1-7H3,(H,16,17)(H,19,22). The Morgan fingerprint density at radius 2 is 2.00 bits per heavy atom. The van der Waals surface area contributed by atoms with Crippen LogP contribution in [-0.4, -0.2) is 62.0 Å². The minimum Gasteiger partial charge on any atom is -0.354 e. The predicted molar refractivity (Wildman–Crippen MR) is 97.2 cm³/mol. The minimum absolute atomic E-state index is 0.0356. The summed E-state index contributed by atoms with van der Waals surface area (Å²) < 4.78 is 0. The van der Waals surface area contributed by atoms with Crippen molar-refractivity contribution in [3.05, 3.63) is 11.1 Å². The highest BCUT2D eigenvalue weighted by molar-refractivity contribution is 7.13. The zero-order valence-corrected chi connectivity index (χ0v) is 15.9. The number of amides is 1. The summed E-state index contributed by atoms with van der Waals surface area (Å²) in [6, 6.07) is 0. The monoisotopic (exact) mass is 340 g/mol. The van der Waals surface area contributed by atoms with Crippen molar-refractivity contribution in [3.8, 4) is 0 Å². The number of thiazole rings is 1. The molecule has 0 atom stereocenters. The maximum Gasteiger partial charge on any atom is 0.240 e. The molecule has 8 heteroatoms. The molecule has 0 saturated carbocycles. The first-order chi connectivity index (χ1) is 10.6. The van der Waals surface area contributed by atoms with E-state index in [1.807, 2.05) is 52.2 Å². The van der Waals surface area contributed by atoms with E-state index in [1.54, 1.807) is 23.3 Å². The molecule has 0 radical (unpaired) electrons. The van der Waals surface area contributed by atoms with Crippen LogP contribution in [0.2, 0.25) is 0 Å². The predicted octanol–water partition coefficient (Wildman–Crippen LogP) is 1.13. The summed E-state index contributed by atoms with van der Waals surface area (Å²) in [5.41, 5.74) is 0.713. The number of hydrogen-bond donors (Lipinski definition) is 2. The smallest absolute Gasteiger partial charge is 0.240 e. The first-order valence-corrected chi connectivity index (χ1v) is 8.35. The first kappa shape index (κ1) is 19.2. The third-order valence-electron chi connectivity index (χ3n) is 2.82. The molecule has 1 heterocycles. The largest absolute Gasteiger partial charge is 0.354 e. The number of carbonyl (C=O) groups excluding carboxylic acids is 1. The van der Waals surface area contributed by atoms with Crippen LogP contribution in [0.15, 0.2) is 10.4 Å². The van der Waals surface area contributed by atoms with Crippen molar-refractivity contribution in [2.24, 2.45) is 4.99 Å². The number of anilines is 1. The average molecular weight is 340 g/mol. The molecule has 130 valence electrons. The van der Waals surface area contributed by atoms with E-state index >= 15 is 0 Å². The summed E-state index contributed by atoms with van der Waals surface area (Å²) in [5.74, 6) is 0.625. The lowest BCUT2D eigenvalue weighted by Crippen LogP contribution is -2.48. The van der Waals surface area contributed by atoms with E-state index in [0.717, 1.165) is 10.8 Å². The van der Waals surface area contributed by atoms with Gasteiger partial charge in [-0.2, -0.15) is 0 Å². The molecule has 1 amide bonds. The van der Waals surface area contributed by atoms with E-state index in [2.05, 4.69) is 20.6 Å². The Labute approximate surface area is 142 Å². The Morgan fingerprint density at radius 1 is 1.35 bits per heavy atom. The van der Waals surface area contributed by atoms with Crippen LogP contribution in [0.25, 0.3) is 0 Å². The van der Waals surface area contributed by atoms with Crippen LogP contribution in [0.5, 0.6) is 0 Å². The minimum atomic E-state index is -0.238. The average Bonchev–Trinajstić information content (AvgIpc) is 2.86. The van der Waals surface area contributed by atoms with E-state index in [1.165, 1.54) is 0 Å². The van der Waals surface area contributed by atoms with Crippen molar-refractivity contribution in [2.75, 3.05) is 39.6 Å². The number of hydrogen-bond acceptors (Lipinski definition) is 5. The molecular weight excluding hydrogens is 312 g/mol. The number of carbonyl (C=O) groups is 1. The van der Waals surface area contributed by atoms with Gasteiger partial charge in [-0.1, -0.05) is 0 Å². The second-order valence-corrected chi connectivity index (χ2v) is 7.41. The molecule has 0 aromatic carbocycles. The third kappa shape index (κ3) is 6.85. The van der Waals surface area contributed by atoms with Crippen molar-refractivity contribution in [3.63, 3.8) is 0 Å². The lowest BCUT2D eigenvalue weighted by molar-refractivity contribution is -0.122. The molecular formula is C15H28N6OS. The Balaban J connectivity index is 2.54. The van der Waals surface area contributed by atoms with E-state index in [4.69, 9.17) is 0 Å². The van der Waals surface area contributed by atoms with Crippen LogP contribution < -0.4 is 15.5 Å². The molecule has 7 nitrogen and oxygen atoms in total. The van der Waals surface area contributed by atoms with E-state index in [9.17, 15) is 4.79 Å². The molecule has 1 aromatic heterocycles. The third-order valence-corrected chi connectivity index (χ3v) is 3.88. The molecule has 23 heavy (non-hydrogen) atoms. The second kappa shape index (κ2) is 8.14. The molecule has 0 aliphatic carbocycles. The van der Waals surface area contributed by atoms with Crippen LogP contribution in [0.3, 0.4) is 0 Å². The van der Waals surface area contributed by atoms with Crippen LogP contribution in [-0.2, 0) is 11.3 Å². The van der Waals surface area contributed by atoms with Crippen LogP contribution in [0.4, 0.5) is 5.13 Å². The van der Waals surface area contributed by atoms with Gasteiger partial charge in [0.15, 0.2) is 11.1 Å². The van der Waals surface area contributed by atoms with Crippen molar-refractivity contribution < 1.29 is 4.79 Å². The van der Waals surface area contributed by atoms with Gasteiger partial charge in [0.1, 0.15) is 0 Å². The van der Waals surface area contributed by atoms with Gasteiger partial charge in [0.05, 0.1) is 18.8 Å². The van der Waals surface area contributed by atoms with Gasteiger partial charge in [-0.05, 0) is 20.8 Å². The fraction of sp³-hybridized carbons (Fsp3) is 0.667. The van der Waals surface area contributed by atoms with Crippen molar-refractivity contribution in [1.29, 1.82) is 0 Å². The first-order valence-electron chi connectivity index (χ1n) is 7.47. The number of nitrogens with one attached hydrogen (secondary N) is 2. The van der Waals surface area contributed by atoms with Gasteiger partial charge in [0, 0.05) is 39.1 Å². The number of rotatable bonds is 5. The van der Waals surface area contributed by atoms with Crippen LogP contribution in [0.1, 0.15) is 26.5 Å². The maximum atomic E-state index is 12.0. The summed E-state index contributed by atoms with van der Waals surface area (Å²) in [6.45, 7) is 6.70. The van der Waals surface area contributed by atoms with E-state index in [-0.39, 0.29) is 18.0 Å². The molecule has 1 rings (SSSR count). The lowest BCUT2D eigenvalue weighted by Gasteiger charge is -2.25. The molecule has 0 saturated heterocycles. The Hall–Kier alpha value is -1.83. The van der Waals surface area contributed by atoms with Gasteiger partial charge in [-0.25, -0.2) is 4.98 Å². The zero-order valence-electron chi connectivity index (χ0n) is 15.1. The number of likely N-dealkylation sites (N-methyl/N-ethyl adjacent to an activating group) is 1. The maximum absolute atomic E-state index is 12.0. The topological polar surface area (TPSA) is 72.9 Å². The normalized spacial score (nSPS) is 12.0. The second-order valence-electron chi connectivity index (χ2n) is 6.57. The molecule has 0 spiro atoms. The zero-order chi connectivity index (χ0) is 17.6. The Kier molecular flexibility index (Phi) is 6.80. The summed E-state index contributed by atoms with van der Waals surface area (Å²) in [4.78, 5) is 24.5. The van der Waals surface area contributed by atoms with Gasteiger partial charge in [0.25, 0.3) is 0 Å². The molecule has 0 bridgehead atoms. The fourth-order valence-electron chi connectivity index (χ4n) is 1.89. The van der Waals surface area contributed by atoms with Gasteiger partial charge in [0.2, 0.25) is 5.91 Å². The van der Waals surface area contributed by atoms with E-state index < -0.39 is 0 Å². The van der Waals surface area contributed by atoms with Crippen molar-refractivity contribution in [2.45, 2.75) is 32.9 Å². The molecule has 0 unspecified atom stereocenters. The Bertz CT molecular complexity index is 546. The Morgan fingerprint density at radius 3 is 2.48 bits per heavy atom. The number of guanidine groups is 1. The molecule has 0 fully saturated rings. The van der Waals surface area contributed by atoms with Gasteiger partial charge in [-0.3, -0.25) is 9.79 Å². The number of nitrogens with zero attached hydrogens (tertiary/aromatic N) is 4. The summed E-state index contributed by atoms with van der Waals surface area (Å²) in [7, 11) is 7.48. The molecule has 2 N–H and O–H groups in total. The highest BCUT2D eigenvalue weighted by Crippen LogP contribution is 2.17. The molecule has 1 aromatic rings. The van der Waals surface area contributed by atoms with Crippen LogP contribution >= 0.6 is 11.3 Å². The summed E-state index contributed by atoms with van der Waals surface area (Å²) in [5, 5.41) is 9.15. The van der Waals surface area contributed by atoms with Gasteiger partial charge in [-0.15, -0.1) is 11.3 Å². The van der Waals surface area contributed by atoms with E-state index in [0.29, 0.717) is 12.5 Å². The summed E-state index contributed by atoms with van der Waals surface area (Å²) in [6.07, 6.45) is 0. The SMILES string of the molecule is CN=C(NCc1csc(N(C)C)n1)N(C)CC(=O)NC(C)(C)C.